The van der Waals surface area contributed by atoms with Gasteiger partial charge in [0.05, 0.1) is 47.6 Å². The van der Waals surface area contributed by atoms with Gasteiger partial charge < -0.3 is 19.3 Å². The van der Waals surface area contributed by atoms with Crippen LogP contribution in [0.4, 0.5) is 26.0 Å². The van der Waals surface area contributed by atoms with E-state index in [0.717, 1.165) is 42.7 Å². The molecule has 2 aliphatic heterocycles. The summed E-state index contributed by atoms with van der Waals surface area (Å²) in [6, 6.07) is 8.93. The molecule has 0 radical (unpaired) electrons. The van der Waals surface area contributed by atoms with Crippen LogP contribution in [-0.4, -0.2) is 78.0 Å². The molecule has 3 aromatic heterocycles. The summed E-state index contributed by atoms with van der Waals surface area (Å²) in [7, 11) is -3.70. The van der Waals surface area contributed by atoms with E-state index < -0.39 is 28.3 Å². The number of nitrogens with one attached hydrogen (secondary N) is 1. The van der Waals surface area contributed by atoms with E-state index in [0.29, 0.717) is 33.9 Å². The molecule has 4 aromatic rings. The van der Waals surface area contributed by atoms with E-state index in [9.17, 15) is 17.2 Å². The lowest BCUT2D eigenvalue weighted by atomic mass is 9.93. The Morgan fingerprint density at radius 2 is 1.67 bits per heavy atom. The molecule has 0 amide bonds. The number of sulfonamides is 1. The zero-order chi connectivity index (χ0) is 29.8. The number of alkyl halides is 2. The van der Waals surface area contributed by atoms with Gasteiger partial charge in [0.25, 0.3) is 5.92 Å². The summed E-state index contributed by atoms with van der Waals surface area (Å²) < 4.78 is 62.4. The average molecular weight is 614 g/mol. The van der Waals surface area contributed by atoms with E-state index in [-0.39, 0.29) is 25.9 Å². The topological polar surface area (TPSA) is 130 Å². The van der Waals surface area contributed by atoms with Gasteiger partial charge in [0.2, 0.25) is 10.0 Å². The van der Waals surface area contributed by atoms with Gasteiger partial charge in [-0.1, -0.05) is 5.21 Å². The summed E-state index contributed by atoms with van der Waals surface area (Å²) in [5.74, 6) is -2.57. The number of halogens is 2. The van der Waals surface area contributed by atoms with Gasteiger partial charge in [-0.3, -0.25) is 4.72 Å². The number of aliphatic hydroxyl groups is 1. The third kappa shape index (κ3) is 5.65. The summed E-state index contributed by atoms with van der Waals surface area (Å²) in [4.78, 5) is 8.88. The van der Waals surface area contributed by atoms with Crippen molar-refractivity contribution >= 4 is 38.2 Å². The van der Waals surface area contributed by atoms with Crippen molar-refractivity contribution in [2.45, 2.75) is 44.4 Å². The fourth-order valence-electron chi connectivity index (χ4n) is 6.13. The number of benzene rings is 1. The molecular formula is C29H33F2N7O4S. The summed E-state index contributed by atoms with van der Waals surface area (Å²) in [5, 5.41) is 18.8. The van der Waals surface area contributed by atoms with Gasteiger partial charge in [-0.25, -0.2) is 26.9 Å². The molecule has 0 unspecified atom stereocenters. The maximum Gasteiger partial charge on any atom is 0.251 e. The smallest absolute Gasteiger partial charge is 0.251 e. The highest BCUT2D eigenvalue weighted by Crippen LogP contribution is 2.54. The normalized spacial score (nSPS) is 19.7. The molecule has 0 atom stereocenters. The number of nitrogens with zero attached hydrogens (tertiary/aromatic N) is 6. The lowest BCUT2D eigenvalue weighted by Crippen LogP contribution is -2.39. The summed E-state index contributed by atoms with van der Waals surface area (Å²) in [6.45, 7) is 1.55. The van der Waals surface area contributed by atoms with E-state index in [1.54, 1.807) is 35.3 Å². The standard InChI is InChI=1S/C29H33F2N7O4S/c30-29(31)8-12-37(13-9-29)27-26-20(3-15-42-26)17-22(32-27)23-19-38(35-33-23)24-2-1-21(34-43(40,41)16-14-39)18-25(24)36-10-6-28(4-5-28)7-11-36/h1-3,15,17-19,34,39H,4-14,16H2. The molecule has 11 nitrogen and oxygen atoms in total. The van der Waals surface area contributed by atoms with Gasteiger partial charge >= 0.3 is 0 Å². The minimum absolute atomic E-state index is 0.167. The molecule has 14 heteroatoms. The molecule has 3 fully saturated rings. The van der Waals surface area contributed by atoms with Crippen molar-refractivity contribution in [3.63, 3.8) is 0 Å². The lowest BCUT2D eigenvalue weighted by Gasteiger charge is -2.35. The Labute approximate surface area is 247 Å². The molecule has 1 saturated carbocycles. The van der Waals surface area contributed by atoms with Crippen LogP contribution in [0.3, 0.4) is 0 Å². The van der Waals surface area contributed by atoms with Gasteiger partial charge in [0, 0.05) is 44.4 Å². The number of furan rings is 1. The quantitative estimate of drug-likeness (QED) is 0.297. The molecule has 0 bridgehead atoms. The molecule has 1 aromatic carbocycles. The Bertz CT molecular complexity index is 1750. The Hall–Kier alpha value is -3.78. The first-order valence-electron chi connectivity index (χ1n) is 14.6. The molecule has 2 saturated heterocycles. The van der Waals surface area contributed by atoms with Crippen LogP contribution in [-0.2, 0) is 10.0 Å². The van der Waals surface area contributed by atoms with Crippen LogP contribution in [0.2, 0.25) is 0 Å². The zero-order valence-electron chi connectivity index (χ0n) is 23.5. The van der Waals surface area contributed by atoms with Crippen LogP contribution < -0.4 is 14.5 Å². The van der Waals surface area contributed by atoms with Crippen molar-refractivity contribution in [1.82, 2.24) is 20.0 Å². The lowest BCUT2D eigenvalue weighted by molar-refractivity contribution is -0.0221. The second-order valence-corrected chi connectivity index (χ2v) is 13.7. The number of hydrogen-bond donors (Lipinski definition) is 2. The highest BCUT2D eigenvalue weighted by Gasteiger charge is 2.44. The van der Waals surface area contributed by atoms with E-state index in [1.165, 1.54) is 12.8 Å². The van der Waals surface area contributed by atoms with Gasteiger partial charge in [0.1, 0.15) is 5.69 Å². The van der Waals surface area contributed by atoms with Crippen molar-refractivity contribution < 1.29 is 26.7 Å². The Balaban J connectivity index is 1.23. The first-order chi connectivity index (χ1) is 20.6. The van der Waals surface area contributed by atoms with Crippen LogP contribution in [0.25, 0.3) is 28.0 Å². The van der Waals surface area contributed by atoms with Gasteiger partial charge in [-0.15, -0.1) is 5.10 Å². The first-order valence-corrected chi connectivity index (χ1v) is 16.2. The molecule has 2 N–H and O–H groups in total. The van der Waals surface area contributed by atoms with Crippen LogP contribution in [0.5, 0.6) is 0 Å². The van der Waals surface area contributed by atoms with Crippen molar-refractivity contribution in [2.75, 3.05) is 53.1 Å². The number of hydrogen-bond acceptors (Lipinski definition) is 9. The van der Waals surface area contributed by atoms with Gasteiger partial charge in [0.15, 0.2) is 11.4 Å². The summed E-state index contributed by atoms with van der Waals surface area (Å²) in [6.07, 6.45) is 7.51. The number of aromatic nitrogens is 4. The second kappa shape index (κ2) is 10.4. The molecule has 7 rings (SSSR count). The predicted octanol–water partition coefficient (Wildman–Crippen LogP) is 4.43. The van der Waals surface area contributed by atoms with Crippen molar-refractivity contribution in [3.05, 3.63) is 42.8 Å². The number of pyridine rings is 1. The molecule has 1 aliphatic carbocycles. The highest BCUT2D eigenvalue weighted by atomic mass is 32.2. The van der Waals surface area contributed by atoms with Gasteiger partial charge in [-0.05, 0) is 61.4 Å². The van der Waals surface area contributed by atoms with Crippen LogP contribution in [0.15, 0.2) is 47.2 Å². The maximum atomic E-state index is 13.9. The monoisotopic (exact) mass is 613 g/mol. The third-order valence-corrected chi connectivity index (χ3v) is 10.2. The molecule has 228 valence electrons. The van der Waals surface area contributed by atoms with E-state index in [2.05, 4.69) is 19.9 Å². The van der Waals surface area contributed by atoms with E-state index >= 15 is 0 Å². The average Bonchev–Trinajstić information content (AvgIpc) is 3.34. The van der Waals surface area contributed by atoms with Crippen molar-refractivity contribution in [3.8, 4) is 17.1 Å². The Morgan fingerprint density at radius 1 is 0.930 bits per heavy atom. The first kappa shape index (κ1) is 28.0. The minimum atomic E-state index is -3.70. The minimum Gasteiger partial charge on any atom is -0.460 e. The van der Waals surface area contributed by atoms with E-state index in [4.69, 9.17) is 14.5 Å². The van der Waals surface area contributed by atoms with Crippen LogP contribution in [0, 0.1) is 5.41 Å². The molecular weight excluding hydrogens is 580 g/mol. The largest absolute Gasteiger partial charge is 0.460 e. The molecule has 1 spiro atoms. The summed E-state index contributed by atoms with van der Waals surface area (Å²) in [5.41, 5.74) is 4.00. The van der Waals surface area contributed by atoms with Gasteiger partial charge in [-0.2, -0.15) is 0 Å². The summed E-state index contributed by atoms with van der Waals surface area (Å²) >= 11 is 0. The fraction of sp³-hybridized carbons (Fsp3) is 0.483. The fourth-order valence-corrected chi connectivity index (χ4v) is 6.96. The molecule has 5 heterocycles. The van der Waals surface area contributed by atoms with E-state index in [1.807, 2.05) is 17.0 Å². The number of aliphatic hydroxyl groups excluding tert-OH is 1. The SMILES string of the molecule is O=S(=O)(CCO)Nc1ccc(-n2cc(-c3cc4ccoc4c(N4CCC(F)(F)CC4)n3)nn2)c(N2CCC3(CC2)CC3)c1. The second-order valence-electron chi connectivity index (χ2n) is 11.9. The third-order valence-electron chi connectivity index (χ3n) is 8.95. The molecule has 43 heavy (non-hydrogen) atoms. The number of piperidine rings is 2. The predicted molar refractivity (Wildman–Crippen MR) is 158 cm³/mol. The Morgan fingerprint density at radius 3 is 2.40 bits per heavy atom. The number of rotatable bonds is 8. The maximum absolute atomic E-state index is 13.9. The van der Waals surface area contributed by atoms with Crippen LogP contribution >= 0.6 is 0 Å². The van der Waals surface area contributed by atoms with Crippen molar-refractivity contribution in [2.24, 2.45) is 5.41 Å². The number of anilines is 3. The Kier molecular flexibility index (Phi) is 6.80. The van der Waals surface area contributed by atoms with Crippen LogP contribution in [0.1, 0.15) is 38.5 Å². The molecule has 3 aliphatic rings. The number of fused-ring (bicyclic) bond motifs is 1. The van der Waals surface area contributed by atoms with Crippen molar-refractivity contribution in [1.29, 1.82) is 0 Å². The highest BCUT2D eigenvalue weighted by molar-refractivity contribution is 7.92. The zero-order valence-corrected chi connectivity index (χ0v) is 24.4.